The first-order valence-corrected chi connectivity index (χ1v) is 9.48. The second-order valence-electron chi connectivity index (χ2n) is 6.67. The number of para-hydroxylation sites is 1. The third-order valence-corrected chi connectivity index (χ3v) is 4.32. The summed E-state index contributed by atoms with van der Waals surface area (Å²) in [5.41, 5.74) is 3.85. The Morgan fingerprint density at radius 2 is 1.60 bits per heavy atom. The highest BCUT2D eigenvalue weighted by Gasteiger charge is 2.12. The van der Waals surface area contributed by atoms with Gasteiger partial charge in [-0.2, -0.15) is 0 Å². The molecule has 6 nitrogen and oxygen atoms in total. The van der Waals surface area contributed by atoms with Crippen LogP contribution < -0.4 is 10.6 Å². The number of aryl methyl sites for hydroxylation is 1. The number of anilines is 1. The number of hydrogen-bond donors (Lipinski definition) is 2. The lowest BCUT2D eigenvalue weighted by atomic mass is 10.0. The Morgan fingerprint density at radius 1 is 0.867 bits per heavy atom. The summed E-state index contributed by atoms with van der Waals surface area (Å²) in [4.78, 5) is 36.2. The molecule has 30 heavy (non-hydrogen) atoms. The van der Waals surface area contributed by atoms with E-state index in [2.05, 4.69) is 10.6 Å². The minimum absolute atomic E-state index is 0.319. The second kappa shape index (κ2) is 10.0. The summed E-state index contributed by atoms with van der Waals surface area (Å²) in [6.07, 6.45) is 0. The molecule has 3 rings (SSSR count). The van der Waals surface area contributed by atoms with E-state index in [9.17, 15) is 14.4 Å². The molecule has 0 radical (unpaired) electrons. The Morgan fingerprint density at radius 3 is 2.37 bits per heavy atom. The van der Waals surface area contributed by atoms with Crippen LogP contribution in [0.4, 0.5) is 5.69 Å². The first-order chi connectivity index (χ1) is 14.5. The van der Waals surface area contributed by atoms with E-state index in [-0.39, 0.29) is 12.5 Å². The van der Waals surface area contributed by atoms with Gasteiger partial charge in [-0.25, -0.2) is 0 Å². The number of hydrogen-bond acceptors (Lipinski definition) is 4. The van der Waals surface area contributed by atoms with Crippen LogP contribution in [0.2, 0.25) is 0 Å². The average Bonchev–Trinajstić information content (AvgIpc) is 2.77. The zero-order valence-electron chi connectivity index (χ0n) is 16.6. The van der Waals surface area contributed by atoms with Gasteiger partial charge in [0.05, 0.1) is 0 Å². The van der Waals surface area contributed by atoms with Crippen LogP contribution in [0.25, 0.3) is 11.1 Å². The van der Waals surface area contributed by atoms with Gasteiger partial charge >= 0.3 is 5.97 Å². The molecule has 3 aromatic rings. The van der Waals surface area contributed by atoms with Crippen LogP contribution in [0.1, 0.15) is 15.9 Å². The summed E-state index contributed by atoms with van der Waals surface area (Å²) in [6.45, 7) is 1.11. The summed E-state index contributed by atoms with van der Waals surface area (Å²) in [5, 5.41) is 5.24. The Kier molecular flexibility index (Phi) is 6.95. The van der Waals surface area contributed by atoms with Crippen molar-refractivity contribution in [2.75, 3.05) is 18.5 Å². The number of nitrogens with one attached hydrogen (secondary N) is 2. The van der Waals surface area contributed by atoms with Crippen molar-refractivity contribution in [3.8, 4) is 11.1 Å². The molecule has 3 aromatic carbocycles. The van der Waals surface area contributed by atoms with E-state index in [0.717, 1.165) is 16.7 Å². The maximum atomic E-state index is 12.2. The molecule has 2 N–H and O–H groups in total. The van der Waals surface area contributed by atoms with Gasteiger partial charge in [0.1, 0.15) is 6.54 Å². The van der Waals surface area contributed by atoms with Crippen LogP contribution in [0.15, 0.2) is 78.9 Å². The lowest BCUT2D eigenvalue weighted by Crippen LogP contribution is -2.32. The minimum Gasteiger partial charge on any atom is -0.454 e. The number of ether oxygens (including phenoxy) is 1. The number of esters is 1. The molecule has 0 spiro atoms. The molecule has 0 saturated heterocycles. The highest BCUT2D eigenvalue weighted by atomic mass is 16.5. The van der Waals surface area contributed by atoms with Crippen LogP contribution in [-0.2, 0) is 14.3 Å². The van der Waals surface area contributed by atoms with Gasteiger partial charge in [0.15, 0.2) is 6.61 Å². The van der Waals surface area contributed by atoms with E-state index in [4.69, 9.17) is 4.74 Å². The first kappa shape index (κ1) is 20.8. The summed E-state index contributed by atoms with van der Waals surface area (Å²) in [5.74, 6) is -1.53. The van der Waals surface area contributed by atoms with Crippen LogP contribution in [0.5, 0.6) is 0 Å². The van der Waals surface area contributed by atoms with Crippen molar-refractivity contribution in [3.63, 3.8) is 0 Å². The van der Waals surface area contributed by atoms with Crippen LogP contribution in [-0.4, -0.2) is 30.9 Å². The topological polar surface area (TPSA) is 84.5 Å². The smallest absolute Gasteiger partial charge is 0.325 e. The Labute approximate surface area is 174 Å². The third-order valence-electron chi connectivity index (χ3n) is 4.32. The summed E-state index contributed by atoms with van der Waals surface area (Å²) in [7, 11) is 0. The van der Waals surface area contributed by atoms with E-state index in [1.165, 1.54) is 0 Å². The maximum absolute atomic E-state index is 12.2. The highest BCUT2D eigenvalue weighted by molar-refractivity contribution is 5.98. The normalized spacial score (nSPS) is 10.2. The van der Waals surface area contributed by atoms with E-state index in [1.807, 2.05) is 61.5 Å². The van der Waals surface area contributed by atoms with Gasteiger partial charge in [0.2, 0.25) is 0 Å². The number of rotatable bonds is 7. The molecule has 0 heterocycles. The van der Waals surface area contributed by atoms with Crippen molar-refractivity contribution < 1.29 is 19.1 Å². The number of carbonyl (C=O) groups is 3. The maximum Gasteiger partial charge on any atom is 0.325 e. The summed E-state index contributed by atoms with van der Waals surface area (Å²) in [6, 6.07) is 24.0. The van der Waals surface area contributed by atoms with Gasteiger partial charge in [0, 0.05) is 16.8 Å². The lowest BCUT2D eigenvalue weighted by molar-refractivity contribution is -0.146. The van der Waals surface area contributed by atoms with Crippen LogP contribution in [0, 0.1) is 6.92 Å². The second-order valence-corrected chi connectivity index (χ2v) is 6.67. The lowest BCUT2D eigenvalue weighted by Gasteiger charge is -2.12. The average molecular weight is 402 g/mol. The van der Waals surface area contributed by atoms with E-state index >= 15 is 0 Å². The van der Waals surface area contributed by atoms with Gasteiger partial charge in [-0.1, -0.05) is 66.2 Å². The summed E-state index contributed by atoms with van der Waals surface area (Å²) < 4.78 is 4.97. The van der Waals surface area contributed by atoms with Crippen molar-refractivity contribution >= 4 is 23.5 Å². The molecule has 0 saturated carbocycles. The van der Waals surface area contributed by atoms with Gasteiger partial charge in [-0.3, -0.25) is 14.4 Å². The zero-order chi connectivity index (χ0) is 21.3. The first-order valence-electron chi connectivity index (χ1n) is 9.48. The molecule has 2 amide bonds. The fraction of sp³-hybridized carbons (Fsp3) is 0.125. The monoisotopic (exact) mass is 402 g/mol. The fourth-order valence-electron chi connectivity index (χ4n) is 2.89. The predicted octanol–water partition coefficient (Wildman–Crippen LogP) is 3.57. The van der Waals surface area contributed by atoms with Crippen LogP contribution in [0.3, 0.4) is 0 Å². The Hall–Kier alpha value is -3.93. The third kappa shape index (κ3) is 5.78. The molecule has 0 fully saturated rings. The zero-order valence-corrected chi connectivity index (χ0v) is 16.6. The molecule has 0 aromatic heterocycles. The van der Waals surface area contributed by atoms with Crippen molar-refractivity contribution in [3.05, 3.63) is 90.0 Å². The standard InChI is InChI=1S/C24H22N2O4/c1-17-8-7-11-19(14-17)24(29)25-15-23(28)30-16-22(27)26-21-13-6-5-12-20(21)18-9-3-2-4-10-18/h2-14H,15-16H2,1H3,(H,25,29)(H,26,27). The quantitative estimate of drug-likeness (QED) is 0.592. The number of benzene rings is 3. The number of carbonyl (C=O) groups excluding carboxylic acids is 3. The molecule has 0 bridgehead atoms. The Balaban J connectivity index is 1.49. The van der Waals surface area contributed by atoms with Gasteiger partial charge in [-0.05, 0) is 30.7 Å². The SMILES string of the molecule is Cc1cccc(C(=O)NCC(=O)OCC(=O)Nc2ccccc2-c2ccccc2)c1. The molecule has 0 unspecified atom stereocenters. The largest absolute Gasteiger partial charge is 0.454 e. The van der Waals surface area contributed by atoms with E-state index < -0.39 is 18.5 Å². The van der Waals surface area contributed by atoms with Crippen molar-refractivity contribution in [1.29, 1.82) is 0 Å². The van der Waals surface area contributed by atoms with E-state index in [1.54, 1.807) is 24.3 Å². The van der Waals surface area contributed by atoms with Gasteiger partial charge in [0.25, 0.3) is 11.8 Å². The highest BCUT2D eigenvalue weighted by Crippen LogP contribution is 2.27. The Bertz CT molecular complexity index is 1050. The molecular weight excluding hydrogens is 380 g/mol. The summed E-state index contributed by atoms with van der Waals surface area (Å²) >= 11 is 0. The van der Waals surface area contributed by atoms with Crippen LogP contribution >= 0.6 is 0 Å². The fourth-order valence-corrected chi connectivity index (χ4v) is 2.89. The molecule has 152 valence electrons. The molecular formula is C24H22N2O4. The minimum atomic E-state index is -0.692. The molecule has 0 aliphatic rings. The van der Waals surface area contributed by atoms with Gasteiger partial charge < -0.3 is 15.4 Å². The predicted molar refractivity (Wildman–Crippen MR) is 115 cm³/mol. The van der Waals surface area contributed by atoms with Crippen molar-refractivity contribution in [2.24, 2.45) is 0 Å². The van der Waals surface area contributed by atoms with Gasteiger partial charge in [-0.15, -0.1) is 0 Å². The molecule has 0 atom stereocenters. The molecule has 0 aliphatic carbocycles. The number of amides is 2. The molecule has 0 aliphatic heterocycles. The van der Waals surface area contributed by atoms with E-state index in [0.29, 0.717) is 11.3 Å². The van der Waals surface area contributed by atoms with Crippen molar-refractivity contribution in [1.82, 2.24) is 5.32 Å². The molecule has 6 heteroatoms. The van der Waals surface area contributed by atoms with Crippen molar-refractivity contribution in [2.45, 2.75) is 6.92 Å².